The van der Waals surface area contributed by atoms with Crippen molar-refractivity contribution in [2.45, 2.75) is 39.2 Å². The molecule has 3 heterocycles. The van der Waals surface area contributed by atoms with E-state index in [2.05, 4.69) is 39.2 Å². The second-order valence-corrected chi connectivity index (χ2v) is 8.53. The molecule has 0 spiro atoms. The molecule has 2 amide bonds. The van der Waals surface area contributed by atoms with Crippen LogP contribution in [0, 0.1) is 6.92 Å². The van der Waals surface area contributed by atoms with E-state index in [9.17, 15) is 9.59 Å². The number of likely N-dealkylation sites (tertiary alicyclic amines) is 1. The highest BCUT2D eigenvalue weighted by Gasteiger charge is 2.24. The average Bonchev–Trinajstić information content (AvgIpc) is 3.33. The third-order valence-electron chi connectivity index (χ3n) is 6.15. The van der Waals surface area contributed by atoms with Crippen molar-refractivity contribution in [2.24, 2.45) is 5.73 Å². The fraction of sp³-hybridized carbons (Fsp3) is 0.320. The highest BCUT2D eigenvalue weighted by Crippen LogP contribution is 2.28. The average molecular weight is 475 g/mol. The van der Waals surface area contributed by atoms with E-state index in [4.69, 9.17) is 5.73 Å². The Balaban J connectivity index is 1.55. The van der Waals surface area contributed by atoms with E-state index in [-0.39, 0.29) is 17.5 Å². The number of primary amides is 1. The normalized spacial score (nSPS) is 15.5. The molecule has 182 valence electrons. The van der Waals surface area contributed by atoms with E-state index in [1.165, 1.54) is 12.3 Å². The zero-order valence-corrected chi connectivity index (χ0v) is 20.0. The van der Waals surface area contributed by atoms with Gasteiger partial charge in [0, 0.05) is 31.2 Å². The van der Waals surface area contributed by atoms with Gasteiger partial charge in [-0.2, -0.15) is 10.1 Å². The minimum Gasteiger partial charge on any atom is -0.365 e. The molecule has 0 radical (unpaired) electrons. The predicted molar refractivity (Wildman–Crippen MR) is 135 cm³/mol. The van der Waals surface area contributed by atoms with E-state index in [0.29, 0.717) is 24.0 Å². The second kappa shape index (κ2) is 10.4. The molecule has 35 heavy (non-hydrogen) atoms. The Morgan fingerprint density at radius 3 is 2.86 bits per heavy atom. The summed E-state index contributed by atoms with van der Waals surface area (Å²) in [5.41, 5.74) is 9.51. The third-order valence-corrected chi connectivity index (χ3v) is 6.15. The molecule has 10 nitrogen and oxygen atoms in total. The molecule has 1 unspecified atom stereocenters. The maximum absolute atomic E-state index is 12.0. The van der Waals surface area contributed by atoms with Crippen molar-refractivity contribution in [2.75, 3.05) is 23.7 Å². The van der Waals surface area contributed by atoms with Gasteiger partial charge in [-0.3, -0.25) is 14.3 Å². The van der Waals surface area contributed by atoms with Crippen molar-refractivity contribution in [3.05, 3.63) is 66.1 Å². The molecular weight excluding hydrogens is 444 g/mol. The molecule has 1 aromatic carbocycles. The van der Waals surface area contributed by atoms with Gasteiger partial charge in [0.15, 0.2) is 0 Å². The quantitative estimate of drug-likeness (QED) is 0.426. The zero-order chi connectivity index (χ0) is 24.9. The topological polar surface area (TPSA) is 131 Å². The Kier molecular flexibility index (Phi) is 7.09. The van der Waals surface area contributed by atoms with Crippen molar-refractivity contribution in [3.63, 3.8) is 0 Å². The number of nitrogens with zero attached hydrogens (tertiary/aromatic N) is 5. The summed E-state index contributed by atoms with van der Waals surface area (Å²) in [6.07, 6.45) is 8.95. The van der Waals surface area contributed by atoms with Crippen molar-refractivity contribution in [3.8, 4) is 0 Å². The standard InChI is InChI=1S/C25H30N8O2/c1-4-17-9-6-8-16(3)22(17)30-24-20(23(26)35)13-27-25(31-24)29-18-12-28-33(14-18)19-10-7-11-32(15-19)21(34)5-2/h5-6,8-9,12-14,19H,2,4,7,10-11,15H2,1,3H3,(H2,26,35)(H2,27,29,30,31). The number of para-hydroxylation sites is 1. The summed E-state index contributed by atoms with van der Waals surface area (Å²) in [6, 6.07) is 6.10. The first-order chi connectivity index (χ1) is 16.9. The number of hydrogen-bond acceptors (Lipinski definition) is 7. The molecule has 1 aliphatic heterocycles. The van der Waals surface area contributed by atoms with E-state index >= 15 is 0 Å². The Labute approximate surface area is 204 Å². The highest BCUT2D eigenvalue weighted by atomic mass is 16.2. The van der Waals surface area contributed by atoms with Crippen LogP contribution in [0.2, 0.25) is 0 Å². The molecule has 1 aliphatic rings. The van der Waals surface area contributed by atoms with Gasteiger partial charge in [0.1, 0.15) is 11.4 Å². The summed E-state index contributed by atoms with van der Waals surface area (Å²) < 4.78 is 1.85. The Morgan fingerprint density at radius 2 is 2.11 bits per heavy atom. The molecular formula is C25H30N8O2. The third kappa shape index (κ3) is 5.32. The van der Waals surface area contributed by atoms with Gasteiger partial charge in [0.25, 0.3) is 5.91 Å². The summed E-state index contributed by atoms with van der Waals surface area (Å²) in [5.74, 6) is -0.0504. The van der Waals surface area contributed by atoms with Crippen LogP contribution in [0.5, 0.6) is 0 Å². The lowest BCUT2D eigenvalue weighted by Crippen LogP contribution is -2.39. The number of carbonyl (C=O) groups excluding carboxylic acids is 2. The van der Waals surface area contributed by atoms with E-state index in [1.807, 2.05) is 36.0 Å². The number of aromatic nitrogens is 4. The number of amides is 2. The minimum absolute atomic E-state index is 0.0666. The van der Waals surface area contributed by atoms with Crippen LogP contribution in [0.25, 0.3) is 0 Å². The SMILES string of the molecule is C=CC(=O)N1CCCC(n2cc(Nc3ncc(C(N)=O)c(Nc4c(C)cccc4CC)n3)cn2)C1. The van der Waals surface area contributed by atoms with Gasteiger partial charge in [-0.25, -0.2) is 4.98 Å². The van der Waals surface area contributed by atoms with E-state index in [1.54, 1.807) is 11.1 Å². The zero-order valence-electron chi connectivity index (χ0n) is 20.0. The number of nitrogens with two attached hydrogens (primary N) is 1. The first-order valence-electron chi connectivity index (χ1n) is 11.6. The van der Waals surface area contributed by atoms with Gasteiger partial charge in [0.05, 0.1) is 17.9 Å². The summed E-state index contributed by atoms with van der Waals surface area (Å²) >= 11 is 0. The van der Waals surface area contributed by atoms with Crippen LogP contribution in [-0.2, 0) is 11.2 Å². The number of carbonyl (C=O) groups is 2. The van der Waals surface area contributed by atoms with Crippen LogP contribution in [0.15, 0.2) is 49.4 Å². The van der Waals surface area contributed by atoms with Crippen LogP contribution in [0.1, 0.15) is 47.3 Å². The summed E-state index contributed by atoms with van der Waals surface area (Å²) in [4.78, 5) is 34.6. The molecule has 4 N–H and O–H groups in total. The van der Waals surface area contributed by atoms with Gasteiger partial charge >= 0.3 is 0 Å². The molecule has 1 fully saturated rings. The van der Waals surface area contributed by atoms with Gasteiger partial charge in [-0.1, -0.05) is 31.7 Å². The van der Waals surface area contributed by atoms with Crippen molar-refractivity contribution in [1.29, 1.82) is 0 Å². The van der Waals surface area contributed by atoms with Crippen LogP contribution in [0.3, 0.4) is 0 Å². The van der Waals surface area contributed by atoms with Crippen molar-refractivity contribution in [1.82, 2.24) is 24.6 Å². The smallest absolute Gasteiger partial charge is 0.254 e. The van der Waals surface area contributed by atoms with Gasteiger partial charge < -0.3 is 21.3 Å². The number of benzene rings is 1. The van der Waals surface area contributed by atoms with Crippen molar-refractivity contribution < 1.29 is 9.59 Å². The van der Waals surface area contributed by atoms with Gasteiger partial charge in [0.2, 0.25) is 11.9 Å². The van der Waals surface area contributed by atoms with E-state index < -0.39 is 5.91 Å². The second-order valence-electron chi connectivity index (χ2n) is 8.53. The number of piperidine rings is 1. The molecule has 3 aromatic rings. The maximum atomic E-state index is 12.0. The number of aryl methyl sites for hydroxylation is 2. The molecule has 1 atom stereocenters. The van der Waals surface area contributed by atoms with Crippen molar-refractivity contribution >= 4 is 35.0 Å². The van der Waals surface area contributed by atoms with E-state index in [0.717, 1.165) is 42.6 Å². The predicted octanol–water partition coefficient (Wildman–Crippen LogP) is 3.48. The van der Waals surface area contributed by atoms with Crippen LogP contribution >= 0.6 is 0 Å². The summed E-state index contributed by atoms with van der Waals surface area (Å²) in [5, 5.41) is 10.9. The van der Waals surface area contributed by atoms with Crippen LogP contribution in [-0.4, -0.2) is 49.6 Å². The lowest BCUT2D eigenvalue weighted by molar-refractivity contribution is -0.127. The maximum Gasteiger partial charge on any atom is 0.254 e. The highest BCUT2D eigenvalue weighted by molar-refractivity contribution is 5.98. The lowest BCUT2D eigenvalue weighted by atomic mass is 10.1. The molecule has 1 saturated heterocycles. The molecule has 0 saturated carbocycles. The number of rotatable bonds is 8. The number of anilines is 4. The number of hydrogen-bond donors (Lipinski definition) is 3. The minimum atomic E-state index is -0.616. The molecule has 2 aromatic heterocycles. The lowest BCUT2D eigenvalue weighted by Gasteiger charge is -2.32. The summed E-state index contributed by atoms with van der Waals surface area (Å²) in [7, 11) is 0. The molecule has 0 bridgehead atoms. The van der Waals surface area contributed by atoms with Crippen LogP contribution < -0.4 is 16.4 Å². The largest absolute Gasteiger partial charge is 0.365 e. The summed E-state index contributed by atoms with van der Waals surface area (Å²) in [6.45, 7) is 8.95. The Bertz CT molecular complexity index is 1250. The number of nitrogens with one attached hydrogen (secondary N) is 2. The molecule has 0 aliphatic carbocycles. The molecule has 4 rings (SSSR count). The Hall–Kier alpha value is -4.21. The van der Waals surface area contributed by atoms with Gasteiger partial charge in [-0.15, -0.1) is 0 Å². The van der Waals surface area contributed by atoms with Crippen LogP contribution in [0.4, 0.5) is 23.1 Å². The fourth-order valence-corrected chi connectivity index (χ4v) is 4.27. The monoisotopic (exact) mass is 474 g/mol. The van der Waals surface area contributed by atoms with Gasteiger partial charge in [-0.05, 0) is 43.4 Å². The first-order valence-corrected chi connectivity index (χ1v) is 11.6. The Morgan fingerprint density at radius 1 is 1.29 bits per heavy atom. The first kappa shape index (κ1) is 23.9. The molecule has 10 heteroatoms. The fourth-order valence-electron chi connectivity index (χ4n) is 4.27.